The van der Waals surface area contributed by atoms with Crippen molar-refractivity contribution in [3.05, 3.63) is 58.9 Å². The SMILES string of the molecule is O=C(CNc1ccccc1C(=O)NCC(F)(F)F)Nc1ccc(F)c(Cl)c1. The second kappa shape index (κ2) is 8.72. The number of rotatable bonds is 6. The molecule has 27 heavy (non-hydrogen) atoms. The molecule has 10 heteroatoms. The Hall–Kier alpha value is -2.81. The van der Waals surface area contributed by atoms with E-state index in [9.17, 15) is 27.2 Å². The topological polar surface area (TPSA) is 70.2 Å². The van der Waals surface area contributed by atoms with Crippen LogP contribution in [-0.2, 0) is 4.79 Å². The first-order valence-corrected chi connectivity index (χ1v) is 7.96. The third-order valence-electron chi connectivity index (χ3n) is 3.26. The number of hydrogen-bond acceptors (Lipinski definition) is 3. The molecule has 0 bridgehead atoms. The lowest BCUT2D eigenvalue weighted by molar-refractivity contribution is -0.123. The Labute approximate surface area is 156 Å². The van der Waals surface area contributed by atoms with Gasteiger partial charge in [-0.3, -0.25) is 9.59 Å². The molecule has 0 saturated heterocycles. The Morgan fingerprint density at radius 3 is 2.44 bits per heavy atom. The van der Waals surface area contributed by atoms with Crippen LogP contribution in [0.25, 0.3) is 0 Å². The lowest BCUT2D eigenvalue weighted by Gasteiger charge is -2.13. The zero-order valence-electron chi connectivity index (χ0n) is 13.7. The molecule has 0 aliphatic heterocycles. The van der Waals surface area contributed by atoms with Crippen molar-refractivity contribution in [3.63, 3.8) is 0 Å². The molecular formula is C17H14ClF4N3O2. The van der Waals surface area contributed by atoms with Crippen LogP contribution in [-0.4, -0.2) is 31.1 Å². The van der Waals surface area contributed by atoms with Crippen molar-refractivity contribution in [1.82, 2.24) is 5.32 Å². The zero-order chi connectivity index (χ0) is 20.0. The van der Waals surface area contributed by atoms with E-state index < -0.39 is 30.4 Å². The standard InChI is InChI=1S/C17H14ClF4N3O2/c18-12-7-10(5-6-13(12)19)25-15(26)8-23-14-4-2-1-3-11(14)16(27)24-9-17(20,21)22/h1-7,23H,8-9H2,(H,24,27)(H,25,26). The quantitative estimate of drug-likeness (QED) is 0.642. The number of benzene rings is 2. The molecule has 144 valence electrons. The largest absolute Gasteiger partial charge is 0.405 e. The first-order chi connectivity index (χ1) is 12.7. The smallest absolute Gasteiger partial charge is 0.376 e. The number of para-hydroxylation sites is 1. The highest BCUT2D eigenvalue weighted by atomic mass is 35.5. The van der Waals surface area contributed by atoms with Gasteiger partial charge in [0.1, 0.15) is 12.4 Å². The summed E-state index contributed by atoms with van der Waals surface area (Å²) < 4.78 is 49.8. The highest BCUT2D eigenvalue weighted by Crippen LogP contribution is 2.20. The minimum atomic E-state index is -4.53. The van der Waals surface area contributed by atoms with Crippen molar-refractivity contribution in [2.45, 2.75) is 6.18 Å². The van der Waals surface area contributed by atoms with Crippen molar-refractivity contribution in [1.29, 1.82) is 0 Å². The Morgan fingerprint density at radius 2 is 1.78 bits per heavy atom. The molecule has 0 aromatic heterocycles. The van der Waals surface area contributed by atoms with Crippen molar-refractivity contribution in [3.8, 4) is 0 Å². The fourth-order valence-corrected chi connectivity index (χ4v) is 2.25. The van der Waals surface area contributed by atoms with Crippen LogP contribution in [0.3, 0.4) is 0 Å². The Bertz CT molecular complexity index is 843. The van der Waals surface area contributed by atoms with E-state index in [1.807, 2.05) is 0 Å². The minimum absolute atomic E-state index is 0.0422. The average molecular weight is 404 g/mol. The molecule has 2 aromatic rings. The van der Waals surface area contributed by atoms with E-state index in [4.69, 9.17) is 11.6 Å². The van der Waals surface area contributed by atoms with E-state index in [0.29, 0.717) is 0 Å². The predicted molar refractivity (Wildman–Crippen MR) is 93.4 cm³/mol. The van der Waals surface area contributed by atoms with Crippen LogP contribution in [0.4, 0.5) is 28.9 Å². The van der Waals surface area contributed by atoms with E-state index in [1.165, 1.54) is 30.3 Å². The molecule has 0 aliphatic carbocycles. The monoisotopic (exact) mass is 403 g/mol. The summed E-state index contributed by atoms with van der Waals surface area (Å²) in [6, 6.07) is 9.45. The van der Waals surface area contributed by atoms with Crippen LogP contribution < -0.4 is 16.0 Å². The van der Waals surface area contributed by atoms with Crippen LogP contribution in [0.2, 0.25) is 5.02 Å². The van der Waals surface area contributed by atoms with E-state index in [2.05, 4.69) is 10.6 Å². The molecule has 0 saturated carbocycles. The number of anilines is 2. The van der Waals surface area contributed by atoms with Crippen LogP contribution in [0.1, 0.15) is 10.4 Å². The average Bonchev–Trinajstić information content (AvgIpc) is 2.60. The summed E-state index contributed by atoms with van der Waals surface area (Å²) in [6.07, 6.45) is -4.53. The van der Waals surface area contributed by atoms with Crippen LogP contribution >= 0.6 is 11.6 Å². The van der Waals surface area contributed by atoms with Gasteiger partial charge in [-0.2, -0.15) is 13.2 Å². The highest BCUT2D eigenvalue weighted by Gasteiger charge is 2.28. The number of alkyl halides is 3. The molecule has 2 aromatic carbocycles. The molecule has 5 nitrogen and oxygen atoms in total. The summed E-state index contributed by atoms with van der Waals surface area (Å²) in [5.74, 6) is -2.09. The molecule has 0 aliphatic rings. The van der Waals surface area contributed by atoms with E-state index in [1.54, 1.807) is 11.4 Å². The van der Waals surface area contributed by atoms with Crippen LogP contribution in [0, 0.1) is 5.82 Å². The number of nitrogens with one attached hydrogen (secondary N) is 3. The van der Waals surface area contributed by atoms with E-state index in [-0.39, 0.29) is 28.5 Å². The summed E-state index contributed by atoms with van der Waals surface area (Å²) in [7, 11) is 0. The normalized spacial score (nSPS) is 11.0. The van der Waals surface area contributed by atoms with Gasteiger partial charge in [-0.15, -0.1) is 0 Å². The van der Waals surface area contributed by atoms with Gasteiger partial charge in [0, 0.05) is 11.4 Å². The Morgan fingerprint density at radius 1 is 1.07 bits per heavy atom. The summed E-state index contributed by atoms with van der Waals surface area (Å²) >= 11 is 5.62. The molecule has 2 rings (SSSR count). The number of amides is 2. The van der Waals surface area contributed by atoms with Gasteiger partial charge in [-0.1, -0.05) is 23.7 Å². The maximum atomic E-state index is 13.1. The van der Waals surface area contributed by atoms with E-state index in [0.717, 1.165) is 6.07 Å². The first-order valence-electron chi connectivity index (χ1n) is 7.58. The minimum Gasteiger partial charge on any atom is -0.376 e. The Balaban J connectivity index is 1.98. The van der Waals surface area contributed by atoms with Crippen molar-refractivity contribution < 1.29 is 27.2 Å². The predicted octanol–water partition coefficient (Wildman–Crippen LogP) is 3.82. The summed E-state index contributed by atoms with van der Waals surface area (Å²) in [6.45, 7) is -1.75. The van der Waals surface area contributed by atoms with Gasteiger partial charge in [0.2, 0.25) is 5.91 Å². The molecule has 0 radical (unpaired) electrons. The molecule has 0 atom stereocenters. The molecular weight excluding hydrogens is 390 g/mol. The van der Waals surface area contributed by atoms with Crippen molar-refractivity contribution >= 4 is 34.8 Å². The summed E-state index contributed by atoms with van der Waals surface area (Å²) in [5.41, 5.74) is 0.410. The second-order valence-electron chi connectivity index (χ2n) is 5.37. The van der Waals surface area contributed by atoms with Gasteiger partial charge in [0.05, 0.1) is 17.1 Å². The lowest BCUT2D eigenvalue weighted by Crippen LogP contribution is -2.34. The molecule has 0 spiro atoms. The van der Waals surface area contributed by atoms with Crippen molar-refractivity contribution in [2.24, 2.45) is 0 Å². The van der Waals surface area contributed by atoms with Crippen molar-refractivity contribution in [2.75, 3.05) is 23.7 Å². The maximum Gasteiger partial charge on any atom is 0.405 e. The number of halogens is 5. The van der Waals surface area contributed by atoms with Crippen LogP contribution in [0.15, 0.2) is 42.5 Å². The van der Waals surface area contributed by atoms with Crippen LogP contribution in [0.5, 0.6) is 0 Å². The van der Waals surface area contributed by atoms with Gasteiger partial charge < -0.3 is 16.0 Å². The first kappa shape index (κ1) is 20.5. The second-order valence-corrected chi connectivity index (χ2v) is 5.78. The zero-order valence-corrected chi connectivity index (χ0v) is 14.4. The fourth-order valence-electron chi connectivity index (χ4n) is 2.07. The Kier molecular flexibility index (Phi) is 6.62. The van der Waals surface area contributed by atoms with Gasteiger partial charge in [-0.25, -0.2) is 4.39 Å². The molecule has 0 heterocycles. The fraction of sp³-hybridized carbons (Fsp3) is 0.176. The molecule has 0 fully saturated rings. The van der Waals surface area contributed by atoms with E-state index >= 15 is 0 Å². The summed E-state index contributed by atoms with van der Waals surface area (Å²) in [4.78, 5) is 23.9. The van der Waals surface area contributed by atoms with Gasteiger partial charge in [0.15, 0.2) is 0 Å². The lowest BCUT2D eigenvalue weighted by atomic mass is 10.1. The number of carbonyl (C=O) groups excluding carboxylic acids is 2. The molecule has 2 amide bonds. The third kappa shape index (κ3) is 6.45. The van der Waals surface area contributed by atoms with Gasteiger partial charge in [0.25, 0.3) is 5.91 Å². The number of carbonyl (C=O) groups is 2. The van der Waals surface area contributed by atoms with Gasteiger partial charge >= 0.3 is 6.18 Å². The maximum absolute atomic E-state index is 13.1. The molecule has 3 N–H and O–H groups in total. The van der Waals surface area contributed by atoms with Gasteiger partial charge in [-0.05, 0) is 30.3 Å². The summed E-state index contributed by atoms with van der Waals surface area (Å²) in [5, 5.41) is 6.75. The molecule has 0 unspecified atom stereocenters. The highest BCUT2D eigenvalue weighted by molar-refractivity contribution is 6.31. The third-order valence-corrected chi connectivity index (χ3v) is 3.55. The number of hydrogen-bond donors (Lipinski definition) is 3.